The number of hydrogen-bond acceptors (Lipinski definition) is 5. The monoisotopic (exact) mass is 367 g/mol. The smallest absolute Gasteiger partial charge is 0.192 e. The van der Waals surface area contributed by atoms with Crippen molar-refractivity contribution in [2.24, 2.45) is 0 Å². The van der Waals surface area contributed by atoms with Gasteiger partial charge in [0.2, 0.25) is 0 Å². The molecule has 126 valence electrons. The van der Waals surface area contributed by atoms with Gasteiger partial charge < -0.3 is 4.40 Å². The number of aryl methyl sites for hydroxylation is 1. The first-order valence-corrected chi connectivity index (χ1v) is 9.76. The SMILES string of the molecule is C=CCn1c(SCc2cn3ccccc3n2)nnc1-c1csc(C)c1. The Morgan fingerprint density at radius 2 is 2.24 bits per heavy atom. The van der Waals surface area contributed by atoms with Gasteiger partial charge in [0.15, 0.2) is 11.0 Å². The van der Waals surface area contributed by atoms with Crippen LogP contribution in [0.15, 0.2) is 59.9 Å². The van der Waals surface area contributed by atoms with Crippen molar-refractivity contribution < 1.29 is 0 Å². The predicted octanol–water partition coefficient (Wildman–Crippen LogP) is 4.44. The van der Waals surface area contributed by atoms with Crippen LogP contribution in [0.5, 0.6) is 0 Å². The van der Waals surface area contributed by atoms with E-state index >= 15 is 0 Å². The van der Waals surface area contributed by atoms with E-state index in [9.17, 15) is 0 Å². The van der Waals surface area contributed by atoms with Crippen LogP contribution < -0.4 is 0 Å². The summed E-state index contributed by atoms with van der Waals surface area (Å²) in [5.74, 6) is 1.64. The second kappa shape index (κ2) is 6.85. The Hall–Kier alpha value is -2.38. The Kier molecular flexibility index (Phi) is 4.42. The van der Waals surface area contributed by atoms with Gasteiger partial charge in [0.1, 0.15) is 5.65 Å². The lowest BCUT2D eigenvalue weighted by Crippen LogP contribution is -2.00. The number of aromatic nitrogens is 5. The number of nitrogens with zero attached hydrogens (tertiary/aromatic N) is 5. The maximum atomic E-state index is 4.64. The van der Waals surface area contributed by atoms with E-state index in [4.69, 9.17) is 0 Å². The molecule has 0 saturated heterocycles. The molecule has 0 spiro atoms. The van der Waals surface area contributed by atoms with E-state index < -0.39 is 0 Å². The number of allylic oxidation sites excluding steroid dienone is 1. The topological polar surface area (TPSA) is 48.0 Å². The van der Waals surface area contributed by atoms with Gasteiger partial charge in [-0.2, -0.15) is 0 Å². The average Bonchev–Trinajstić information content (AvgIpc) is 3.31. The maximum absolute atomic E-state index is 4.64. The van der Waals surface area contributed by atoms with Crippen molar-refractivity contribution in [3.63, 3.8) is 0 Å². The van der Waals surface area contributed by atoms with Gasteiger partial charge in [0, 0.05) is 40.5 Å². The normalized spacial score (nSPS) is 11.2. The molecular formula is C18H17N5S2. The Balaban J connectivity index is 1.59. The van der Waals surface area contributed by atoms with Crippen LogP contribution in [0, 0.1) is 6.92 Å². The molecule has 7 heteroatoms. The third-order valence-electron chi connectivity index (χ3n) is 3.78. The van der Waals surface area contributed by atoms with Crippen molar-refractivity contribution in [1.82, 2.24) is 24.1 Å². The zero-order valence-electron chi connectivity index (χ0n) is 13.8. The molecule has 25 heavy (non-hydrogen) atoms. The fraction of sp³-hybridized carbons (Fsp3) is 0.167. The lowest BCUT2D eigenvalue weighted by atomic mass is 10.3. The summed E-state index contributed by atoms with van der Waals surface area (Å²) in [4.78, 5) is 5.90. The van der Waals surface area contributed by atoms with Gasteiger partial charge in [0.25, 0.3) is 0 Å². The summed E-state index contributed by atoms with van der Waals surface area (Å²) >= 11 is 3.37. The van der Waals surface area contributed by atoms with E-state index in [0.29, 0.717) is 6.54 Å². The van der Waals surface area contributed by atoms with Gasteiger partial charge >= 0.3 is 0 Å². The lowest BCUT2D eigenvalue weighted by molar-refractivity contribution is 0.731. The van der Waals surface area contributed by atoms with E-state index in [0.717, 1.165) is 33.6 Å². The lowest BCUT2D eigenvalue weighted by Gasteiger charge is -2.05. The molecule has 0 aromatic carbocycles. The summed E-state index contributed by atoms with van der Waals surface area (Å²) in [5, 5.41) is 11.8. The molecule has 0 atom stereocenters. The molecule has 0 aliphatic heterocycles. The molecular weight excluding hydrogens is 350 g/mol. The highest BCUT2D eigenvalue weighted by Gasteiger charge is 2.15. The highest BCUT2D eigenvalue weighted by Crippen LogP contribution is 2.28. The molecule has 0 radical (unpaired) electrons. The van der Waals surface area contributed by atoms with Crippen molar-refractivity contribution >= 4 is 28.7 Å². The van der Waals surface area contributed by atoms with Gasteiger partial charge in [0.05, 0.1) is 5.69 Å². The molecule has 0 saturated carbocycles. The van der Waals surface area contributed by atoms with Crippen LogP contribution in [0.4, 0.5) is 0 Å². The average molecular weight is 368 g/mol. The van der Waals surface area contributed by atoms with Crippen LogP contribution in [0.1, 0.15) is 10.6 Å². The van der Waals surface area contributed by atoms with Crippen LogP contribution in [0.25, 0.3) is 17.0 Å². The molecule has 5 nitrogen and oxygen atoms in total. The maximum Gasteiger partial charge on any atom is 0.192 e. The molecule has 0 aliphatic carbocycles. The summed E-state index contributed by atoms with van der Waals surface area (Å²) < 4.78 is 4.14. The molecule has 0 fully saturated rings. The van der Waals surface area contributed by atoms with E-state index in [-0.39, 0.29) is 0 Å². The number of hydrogen-bond donors (Lipinski definition) is 0. The first-order chi connectivity index (χ1) is 12.2. The van der Waals surface area contributed by atoms with Gasteiger partial charge in [-0.15, -0.1) is 28.1 Å². The standard InChI is InChI=1S/C18H17N5S2/c1-3-7-23-17(14-9-13(2)24-11-14)20-21-18(23)25-12-15-10-22-8-5-4-6-16(22)19-15/h3-6,8-11H,1,7,12H2,2H3. The van der Waals surface area contributed by atoms with E-state index in [1.165, 1.54) is 4.88 Å². The fourth-order valence-corrected chi connectivity index (χ4v) is 4.17. The van der Waals surface area contributed by atoms with Crippen LogP contribution in [0.3, 0.4) is 0 Å². The second-order valence-corrected chi connectivity index (χ2v) is 7.70. The summed E-state index contributed by atoms with van der Waals surface area (Å²) in [6.45, 7) is 6.65. The minimum atomic E-state index is 0.685. The number of thioether (sulfide) groups is 1. The van der Waals surface area contributed by atoms with Gasteiger partial charge in [-0.05, 0) is 25.1 Å². The number of rotatable bonds is 6. The van der Waals surface area contributed by atoms with Crippen molar-refractivity contribution in [1.29, 1.82) is 0 Å². The van der Waals surface area contributed by atoms with Crippen LogP contribution >= 0.6 is 23.1 Å². The summed E-state index contributed by atoms with van der Waals surface area (Å²) in [6, 6.07) is 8.15. The van der Waals surface area contributed by atoms with Gasteiger partial charge in [-0.3, -0.25) is 4.57 Å². The third-order valence-corrected chi connectivity index (χ3v) is 5.64. The van der Waals surface area contributed by atoms with Crippen LogP contribution in [-0.2, 0) is 12.3 Å². The molecule has 0 unspecified atom stereocenters. The second-order valence-electron chi connectivity index (χ2n) is 5.64. The quantitative estimate of drug-likeness (QED) is 0.373. The molecule has 0 N–H and O–H groups in total. The summed E-state index contributed by atoms with van der Waals surface area (Å²) in [5.41, 5.74) is 3.09. The first-order valence-electron chi connectivity index (χ1n) is 7.89. The minimum Gasteiger partial charge on any atom is -0.307 e. The number of imidazole rings is 1. The van der Waals surface area contributed by atoms with Gasteiger partial charge in [-0.1, -0.05) is 23.9 Å². The van der Waals surface area contributed by atoms with Gasteiger partial charge in [-0.25, -0.2) is 4.98 Å². The Labute approximate surface area is 154 Å². The fourth-order valence-electron chi connectivity index (χ4n) is 2.66. The zero-order chi connectivity index (χ0) is 17.2. The number of thiophene rings is 1. The number of fused-ring (bicyclic) bond motifs is 1. The molecule has 0 amide bonds. The Morgan fingerprint density at radius 1 is 1.32 bits per heavy atom. The van der Waals surface area contributed by atoms with Crippen molar-refractivity contribution in [3.8, 4) is 11.4 Å². The molecule has 0 aliphatic rings. The molecule has 0 bridgehead atoms. The Morgan fingerprint density at radius 3 is 3.00 bits per heavy atom. The minimum absolute atomic E-state index is 0.685. The zero-order valence-corrected chi connectivity index (χ0v) is 15.4. The largest absolute Gasteiger partial charge is 0.307 e. The van der Waals surface area contributed by atoms with E-state index in [2.05, 4.69) is 50.9 Å². The molecule has 4 aromatic rings. The van der Waals surface area contributed by atoms with Crippen LogP contribution in [0.2, 0.25) is 0 Å². The third kappa shape index (κ3) is 3.25. The molecule has 4 heterocycles. The molecule has 4 rings (SSSR count). The van der Waals surface area contributed by atoms with E-state index in [1.54, 1.807) is 23.1 Å². The molecule has 4 aromatic heterocycles. The number of pyridine rings is 1. The highest BCUT2D eigenvalue weighted by molar-refractivity contribution is 7.98. The predicted molar refractivity (Wildman–Crippen MR) is 103 cm³/mol. The highest BCUT2D eigenvalue weighted by atomic mass is 32.2. The van der Waals surface area contributed by atoms with Crippen LogP contribution in [-0.4, -0.2) is 24.1 Å². The Bertz CT molecular complexity index is 994. The van der Waals surface area contributed by atoms with Crippen molar-refractivity contribution in [3.05, 3.63) is 65.3 Å². The van der Waals surface area contributed by atoms with Crippen molar-refractivity contribution in [2.75, 3.05) is 0 Å². The van der Waals surface area contributed by atoms with E-state index in [1.807, 2.05) is 34.9 Å². The summed E-state index contributed by atoms with van der Waals surface area (Å²) in [7, 11) is 0. The summed E-state index contributed by atoms with van der Waals surface area (Å²) in [6.07, 6.45) is 5.94. The first kappa shape index (κ1) is 16.1. The van der Waals surface area contributed by atoms with Crippen molar-refractivity contribution in [2.45, 2.75) is 24.4 Å².